The van der Waals surface area contributed by atoms with Crippen LogP contribution in [0, 0.1) is 11.8 Å². The van der Waals surface area contributed by atoms with Gasteiger partial charge in [0.1, 0.15) is 0 Å². The van der Waals surface area contributed by atoms with Crippen LogP contribution in [-0.4, -0.2) is 17.5 Å². The van der Waals surface area contributed by atoms with Gasteiger partial charge in [-0.3, -0.25) is 0 Å². The Hall–Kier alpha value is 0.310. The summed E-state index contributed by atoms with van der Waals surface area (Å²) in [6.07, 6.45) is 0. The van der Waals surface area contributed by atoms with E-state index in [1.54, 1.807) is 0 Å². The summed E-state index contributed by atoms with van der Waals surface area (Å²) in [4.78, 5) is 0. The van der Waals surface area contributed by atoms with Gasteiger partial charge in [0.05, 0.1) is 0 Å². The maximum atomic E-state index is 5.91. The first kappa shape index (κ1) is 7.42. The van der Waals surface area contributed by atoms with E-state index in [9.17, 15) is 0 Å². The van der Waals surface area contributed by atoms with E-state index in [4.69, 9.17) is 5.73 Å². The van der Waals surface area contributed by atoms with Crippen molar-refractivity contribution in [3.8, 4) is 0 Å². The predicted octanol–water partition coefficient (Wildman–Crippen LogP) is 1.33. The molecule has 0 bridgehead atoms. The van der Waals surface area contributed by atoms with Crippen molar-refractivity contribution in [1.29, 1.82) is 0 Å². The van der Waals surface area contributed by atoms with Crippen LogP contribution in [0.25, 0.3) is 0 Å². The van der Waals surface area contributed by atoms with Gasteiger partial charge in [-0.05, 0) is 23.3 Å². The molecular formula is C7H15NS. The molecule has 2 N–H and O–H groups in total. The first-order valence-electron chi connectivity index (χ1n) is 3.55. The van der Waals surface area contributed by atoms with Crippen molar-refractivity contribution >= 4 is 11.8 Å². The minimum Gasteiger partial charge on any atom is -0.327 e. The molecule has 9 heavy (non-hydrogen) atoms. The van der Waals surface area contributed by atoms with Gasteiger partial charge in [-0.25, -0.2) is 0 Å². The zero-order valence-electron chi connectivity index (χ0n) is 6.13. The summed E-state index contributed by atoms with van der Waals surface area (Å²) >= 11 is 2.03. The molecular weight excluding hydrogens is 130 g/mol. The summed E-state index contributed by atoms with van der Waals surface area (Å²) in [6, 6.07) is 0.450. The van der Waals surface area contributed by atoms with E-state index in [0.29, 0.717) is 6.04 Å². The molecule has 1 heterocycles. The summed E-state index contributed by atoms with van der Waals surface area (Å²) in [7, 11) is 0. The van der Waals surface area contributed by atoms with E-state index in [2.05, 4.69) is 13.8 Å². The second kappa shape index (κ2) is 2.93. The molecule has 0 aromatic rings. The Morgan fingerprint density at radius 1 is 1.22 bits per heavy atom. The molecule has 1 fully saturated rings. The highest BCUT2D eigenvalue weighted by atomic mass is 32.2. The molecule has 0 radical (unpaired) electrons. The summed E-state index contributed by atoms with van der Waals surface area (Å²) in [5.74, 6) is 3.95. The number of rotatable bonds is 0. The zero-order chi connectivity index (χ0) is 6.85. The second-order valence-corrected chi connectivity index (χ2v) is 4.14. The summed E-state index contributed by atoms with van der Waals surface area (Å²) < 4.78 is 0. The third-order valence-corrected chi connectivity index (χ3v) is 3.60. The molecule has 1 aliphatic heterocycles. The highest BCUT2D eigenvalue weighted by molar-refractivity contribution is 7.99. The topological polar surface area (TPSA) is 26.0 Å². The minimum absolute atomic E-state index is 0.450. The van der Waals surface area contributed by atoms with Crippen molar-refractivity contribution in [2.45, 2.75) is 19.9 Å². The average molecular weight is 145 g/mol. The lowest BCUT2D eigenvalue weighted by molar-refractivity contribution is 0.384. The standard InChI is InChI=1S/C7H15NS/c1-5-3-9-4-6(2)7(5)8/h5-7H,3-4,8H2,1-2H3/t5-,6+,7+. The molecule has 0 spiro atoms. The Kier molecular flexibility index (Phi) is 2.42. The molecule has 0 aromatic carbocycles. The molecule has 54 valence electrons. The molecule has 1 saturated heterocycles. The van der Waals surface area contributed by atoms with Gasteiger partial charge in [0.2, 0.25) is 0 Å². The van der Waals surface area contributed by atoms with Crippen LogP contribution in [0.4, 0.5) is 0 Å². The van der Waals surface area contributed by atoms with Gasteiger partial charge >= 0.3 is 0 Å². The number of thioether (sulfide) groups is 1. The van der Waals surface area contributed by atoms with Crippen LogP contribution in [0.2, 0.25) is 0 Å². The molecule has 0 aliphatic carbocycles. The van der Waals surface area contributed by atoms with Crippen molar-refractivity contribution in [3.63, 3.8) is 0 Å². The lowest BCUT2D eigenvalue weighted by Crippen LogP contribution is -2.40. The van der Waals surface area contributed by atoms with Gasteiger partial charge in [-0.1, -0.05) is 13.8 Å². The van der Waals surface area contributed by atoms with E-state index < -0.39 is 0 Å². The maximum absolute atomic E-state index is 5.91. The Morgan fingerprint density at radius 2 is 1.67 bits per heavy atom. The Bertz CT molecular complexity index is 84.9. The maximum Gasteiger partial charge on any atom is 0.0106 e. The quantitative estimate of drug-likeness (QED) is 0.556. The highest BCUT2D eigenvalue weighted by Crippen LogP contribution is 2.25. The van der Waals surface area contributed by atoms with E-state index in [1.165, 1.54) is 11.5 Å². The lowest BCUT2D eigenvalue weighted by Gasteiger charge is -2.30. The van der Waals surface area contributed by atoms with Crippen molar-refractivity contribution in [1.82, 2.24) is 0 Å². The third-order valence-electron chi connectivity index (χ3n) is 2.08. The zero-order valence-corrected chi connectivity index (χ0v) is 6.95. The van der Waals surface area contributed by atoms with Gasteiger partial charge in [0, 0.05) is 6.04 Å². The fourth-order valence-corrected chi connectivity index (χ4v) is 2.55. The predicted molar refractivity (Wildman–Crippen MR) is 43.6 cm³/mol. The molecule has 0 unspecified atom stereocenters. The average Bonchev–Trinajstić information content (AvgIpc) is 1.83. The number of hydrogen-bond acceptors (Lipinski definition) is 2. The minimum atomic E-state index is 0.450. The van der Waals surface area contributed by atoms with E-state index >= 15 is 0 Å². The summed E-state index contributed by atoms with van der Waals surface area (Å²) in [5, 5.41) is 0. The Morgan fingerprint density at radius 3 is 2.00 bits per heavy atom. The van der Waals surface area contributed by atoms with Crippen LogP contribution in [0.1, 0.15) is 13.8 Å². The van der Waals surface area contributed by atoms with E-state index in [-0.39, 0.29) is 0 Å². The normalized spacial score (nSPS) is 45.0. The van der Waals surface area contributed by atoms with Crippen LogP contribution >= 0.6 is 11.8 Å². The van der Waals surface area contributed by atoms with Crippen LogP contribution < -0.4 is 5.73 Å². The SMILES string of the molecule is C[C@@H]1CSC[C@H](C)[C@H]1N. The second-order valence-electron chi connectivity index (χ2n) is 3.07. The first-order valence-corrected chi connectivity index (χ1v) is 4.70. The molecule has 3 atom stereocenters. The monoisotopic (exact) mass is 145 g/mol. The summed E-state index contributed by atoms with van der Waals surface area (Å²) in [5.41, 5.74) is 5.91. The summed E-state index contributed by atoms with van der Waals surface area (Å²) in [6.45, 7) is 4.49. The first-order chi connectivity index (χ1) is 4.22. The van der Waals surface area contributed by atoms with Gasteiger partial charge < -0.3 is 5.73 Å². The smallest absolute Gasteiger partial charge is 0.0106 e. The number of hydrogen-bond donors (Lipinski definition) is 1. The molecule has 1 rings (SSSR count). The fourth-order valence-electron chi connectivity index (χ4n) is 1.22. The third kappa shape index (κ3) is 1.62. The highest BCUT2D eigenvalue weighted by Gasteiger charge is 2.23. The molecule has 1 nitrogen and oxygen atoms in total. The Balaban J connectivity index is 2.41. The van der Waals surface area contributed by atoms with E-state index in [0.717, 1.165) is 11.8 Å². The van der Waals surface area contributed by atoms with Crippen molar-refractivity contribution in [2.24, 2.45) is 17.6 Å². The fraction of sp³-hybridized carbons (Fsp3) is 1.00. The van der Waals surface area contributed by atoms with Gasteiger partial charge in [0.15, 0.2) is 0 Å². The lowest BCUT2D eigenvalue weighted by atomic mass is 9.94. The largest absolute Gasteiger partial charge is 0.327 e. The van der Waals surface area contributed by atoms with Gasteiger partial charge in [0.25, 0.3) is 0 Å². The van der Waals surface area contributed by atoms with Crippen LogP contribution in [0.3, 0.4) is 0 Å². The molecule has 0 amide bonds. The molecule has 2 heteroatoms. The van der Waals surface area contributed by atoms with Crippen molar-refractivity contribution in [2.75, 3.05) is 11.5 Å². The van der Waals surface area contributed by atoms with E-state index in [1.807, 2.05) is 11.8 Å². The molecule has 0 saturated carbocycles. The van der Waals surface area contributed by atoms with Crippen LogP contribution in [0.15, 0.2) is 0 Å². The van der Waals surface area contributed by atoms with Gasteiger partial charge in [-0.2, -0.15) is 11.8 Å². The molecule has 0 aromatic heterocycles. The Labute approximate surface area is 61.4 Å². The number of nitrogens with two attached hydrogens (primary N) is 1. The van der Waals surface area contributed by atoms with Crippen molar-refractivity contribution < 1.29 is 0 Å². The van der Waals surface area contributed by atoms with Gasteiger partial charge in [-0.15, -0.1) is 0 Å². The van der Waals surface area contributed by atoms with Crippen LogP contribution in [0.5, 0.6) is 0 Å². The van der Waals surface area contributed by atoms with Crippen LogP contribution in [-0.2, 0) is 0 Å². The molecule has 1 aliphatic rings. The van der Waals surface area contributed by atoms with Crippen molar-refractivity contribution in [3.05, 3.63) is 0 Å².